The van der Waals surface area contributed by atoms with Gasteiger partial charge in [0.15, 0.2) is 6.10 Å². The first-order valence-corrected chi connectivity index (χ1v) is 29.2. The highest BCUT2D eigenvalue weighted by atomic mass is 16.7. The van der Waals surface area contributed by atoms with E-state index in [-0.39, 0.29) is 38.2 Å². The molecule has 9 heteroatoms. The van der Waals surface area contributed by atoms with E-state index < -0.39 is 18.4 Å². The standard InChI is InChI=1S/C58H113NO8/c1-6-8-10-12-14-16-18-20-22-24-25-26-27-28-29-30-31-32-33-35-37-39-41-43-45-47-49-56(61)67-54(53-66-58(57(62)63)64-51-50-59(3,4)5)52-65-55(60)48-46-44-42-40-38-36-34-23-21-19-17-15-13-11-9-7-2/h54,58H,6-53H2,1-5H3/p+1. The molecule has 0 heterocycles. The van der Waals surface area contributed by atoms with Crippen LogP contribution in [0.4, 0.5) is 0 Å². The summed E-state index contributed by atoms with van der Waals surface area (Å²) in [5.41, 5.74) is 0. The van der Waals surface area contributed by atoms with Crippen LogP contribution in [0.1, 0.15) is 296 Å². The molecule has 0 saturated heterocycles. The van der Waals surface area contributed by atoms with Crippen molar-refractivity contribution in [1.82, 2.24) is 0 Å². The molecule has 2 unspecified atom stereocenters. The Morgan fingerprint density at radius 2 is 0.672 bits per heavy atom. The van der Waals surface area contributed by atoms with Crippen LogP contribution >= 0.6 is 0 Å². The zero-order valence-corrected chi connectivity index (χ0v) is 45.3. The number of carbonyl (C=O) groups excluding carboxylic acids is 2. The highest BCUT2D eigenvalue weighted by Crippen LogP contribution is 2.18. The molecule has 0 rings (SSSR count). The molecule has 0 bridgehead atoms. The first kappa shape index (κ1) is 65.3. The Kier molecular flexibility index (Phi) is 49.4. The number of quaternary nitrogens is 1. The van der Waals surface area contributed by atoms with Gasteiger partial charge in [0.05, 0.1) is 34.4 Å². The van der Waals surface area contributed by atoms with Crippen molar-refractivity contribution in [3.8, 4) is 0 Å². The van der Waals surface area contributed by atoms with Crippen molar-refractivity contribution in [2.75, 3.05) is 47.5 Å². The predicted octanol–water partition coefficient (Wildman–Crippen LogP) is 16.8. The fourth-order valence-corrected chi connectivity index (χ4v) is 8.84. The van der Waals surface area contributed by atoms with Gasteiger partial charge in [-0.2, -0.15) is 0 Å². The van der Waals surface area contributed by atoms with Crippen molar-refractivity contribution in [3.05, 3.63) is 0 Å². The van der Waals surface area contributed by atoms with Gasteiger partial charge in [0, 0.05) is 12.8 Å². The van der Waals surface area contributed by atoms with Gasteiger partial charge in [-0.05, 0) is 12.8 Å². The lowest BCUT2D eigenvalue weighted by molar-refractivity contribution is -0.870. The van der Waals surface area contributed by atoms with E-state index in [9.17, 15) is 19.5 Å². The Bertz CT molecular complexity index is 1060. The molecule has 0 radical (unpaired) electrons. The van der Waals surface area contributed by atoms with Crippen molar-refractivity contribution in [2.24, 2.45) is 0 Å². The zero-order valence-electron chi connectivity index (χ0n) is 45.3. The van der Waals surface area contributed by atoms with Gasteiger partial charge in [-0.15, -0.1) is 0 Å². The molecule has 2 atom stereocenters. The SMILES string of the molecule is CCCCCCCCCCCCCCCCCCCCCCCCCCCCC(=O)OC(COC(=O)CCCCCCCCCCCCCCCCCC)COC(OCC[N+](C)(C)C)C(=O)O. The average molecular weight is 954 g/mol. The van der Waals surface area contributed by atoms with E-state index in [1.54, 1.807) is 0 Å². The first-order valence-electron chi connectivity index (χ1n) is 29.2. The van der Waals surface area contributed by atoms with E-state index in [4.69, 9.17) is 18.9 Å². The molecular formula is C58H114NO8+. The third-order valence-corrected chi connectivity index (χ3v) is 13.4. The summed E-state index contributed by atoms with van der Waals surface area (Å²) < 4.78 is 22.9. The van der Waals surface area contributed by atoms with Gasteiger partial charge in [-0.25, -0.2) is 4.79 Å². The van der Waals surface area contributed by atoms with Crippen LogP contribution in [0.15, 0.2) is 0 Å². The third-order valence-electron chi connectivity index (χ3n) is 13.4. The molecule has 0 aromatic rings. The second-order valence-corrected chi connectivity index (χ2v) is 21.3. The molecule has 398 valence electrons. The lowest BCUT2D eigenvalue weighted by atomic mass is 10.0. The predicted molar refractivity (Wildman–Crippen MR) is 282 cm³/mol. The monoisotopic (exact) mass is 953 g/mol. The number of hydrogen-bond acceptors (Lipinski definition) is 7. The van der Waals surface area contributed by atoms with Gasteiger partial charge in [-0.3, -0.25) is 9.59 Å². The summed E-state index contributed by atoms with van der Waals surface area (Å²) in [5, 5.41) is 9.69. The van der Waals surface area contributed by atoms with Crippen LogP contribution in [-0.2, 0) is 33.3 Å². The molecule has 0 aliphatic rings. The minimum Gasteiger partial charge on any atom is -0.477 e. The highest BCUT2D eigenvalue weighted by molar-refractivity contribution is 5.71. The van der Waals surface area contributed by atoms with Crippen LogP contribution in [0.5, 0.6) is 0 Å². The Labute approximate surface area is 415 Å². The number of carbonyl (C=O) groups is 3. The van der Waals surface area contributed by atoms with Gasteiger partial charge in [0.25, 0.3) is 6.29 Å². The molecule has 0 aromatic heterocycles. The first-order chi connectivity index (χ1) is 32.6. The summed E-state index contributed by atoms with van der Waals surface area (Å²) in [6.07, 6.45) is 53.3. The van der Waals surface area contributed by atoms with E-state index in [1.807, 2.05) is 21.1 Å². The molecule has 1 N–H and O–H groups in total. The normalized spacial score (nSPS) is 12.7. The van der Waals surface area contributed by atoms with E-state index in [2.05, 4.69) is 13.8 Å². The van der Waals surface area contributed by atoms with Crippen molar-refractivity contribution >= 4 is 17.9 Å². The second-order valence-electron chi connectivity index (χ2n) is 21.3. The minimum atomic E-state index is -1.50. The van der Waals surface area contributed by atoms with Crippen LogP contribution < -0.4 is 0 Å². The number of carboxylic acid groups (broad SMARTS) is 1. The smallest absolute Gasteiger partial charge is 0.361 e. The van der Waals surface area contributed by atoms with Crippen LogP contribution in [0.25, 0.3) is 0 Å². The van der Waals surface area contributed by atoms with Gasteiger partial charge >= 0.3 is 17.9 Å². The number of aliphatic carboxylic acids is 1. The third kappa shape index (κ3) is 52.0. The van der Waals surface area contributed by atoms with Crippen LogP contribution in [0, 0.1) is 0 Å². The molecule has 0 aliphatic heterocycles. The van der Waals surface area contributed by atoms with Crippen LogP contribution in [0.3, 0.4) is 0 Å². The lowest BCUT2D eigenvalue weighted by Crippen LogP contribution is -2.40. The zero-order chi connectivity index (χ0) is 49.2. The van der Waals surface area contributed by atoms with E-state index in [0.29, 0.717) is 17.4 Å². The maximum absolute atomic E-state index is 12.9. The Morgan fingerprint density at radius 1 is 0.388 bits per heavy atom. The molecule has 0 spiro atoms. The van der Waals surface area contributed by atoms with Gasteiger partial charge in [-0.1, -0.05) is 271 Å². The lowest BCUT2D eigenvalue weighted by Gasteiger charge is -2.25. The van der Waals surface area contributed by atoms with Gasteiger partial charge in [0.1, 0.15) is 13.2 Å². The largest absolute Gasteiger partial charge is 0.477 e. The van der Waals surface area contributed by atoms with E-state index in [1.165, 1.54) is 231 Å². The summed E-state index contributed by atoms with van der Waals surface area (Å²) in [6, 6.07) is 0. The maximum Gasteiger partial charge on any atom is 0.361 e. The number of esters is 2. The Morgan fingerprint density at radius 3 is 0.955 bits per heavy atom. The Hall–Kier alpha value is -1.71. The molecule has 67 heavy (non-hydrogen) atoms. The number of ether oxygens (including phenoxy) is 4. The van der Waals surface area contributed by atoms with E-state index in [0.717, 1.165) is 38.5 Å². The average Bonchev–Trinajstić information content (AvgIpc) is 3.29. The van der Waals surface area contributed by atoms with Crippen molar-refractivity contribution in [2.45, 2.75) is 309 Å². The maximum atomic E-state index is 12.9. The minimum absolute atomic E-state index is 0.172. The molecular weight excluding hydrogens is 839 g/mol. The summed E-state index contributed by atoms with van der Waals surface area (Å²) in [5.74, 6) is -1.97. The van der Waals surface area contributed by atoms with Crippen LogP contribution in [-0.4, -0.2) is 87.4 Å². The van der Waals surface area contributed by atoms with Crippen molar-refractivity contribution in [1.29, 1.82) is 0 Å². The fraction of sp³-hybridized carbons (Fsp3) is 0.948. The quantitative estimate of drug-likeness (QED) is 0.0278. The summed E-state index contributed by atoms with van der Waals surface area (Å²) in [4.78, 5) is 37.4. The molecule has 9 nitrogen and oxygen atoms in total. The van der Waals surface area contributed by atoms with Crippen molar-refractivity contribution in [3.63, 3.8) is 0 Å². The number of hydrogen-bond donors (Lipinski definition) is 1. The fourth-order valence-electron chi connectivity index (χ4n) is 8.84. The summed E-state index contributed by atoms with van der Waals surface area (Å²) >= 11 is 0. The topological polar surface area (TPSA) is 108 Å². The molecule has 0 amide bonds. The van der Waals surface area contributed by atoms with Gasteiger partial charge < -0.3 is 28.5 Å². The molecule has 0 fully saturated rings. The second kappa shape index (κ2) is 50.7. The number of unbranched alkanes of at least 4 members (excludes halogenated alkanes) is 40. The number of rotatable bonds is 55. The number of carboxylic acids is 1. The number of likely N-dealkylation sites (N-methyl/N-ethyl adjacent to an activating group) is 1. The Balaban J connectivity index is 4.15. The highest BCUT2D eigenvalue weighted by Gasteiger charge is 2.25. The summed E-state index contributed by atoms with van der Waals surface area (Å²) in [7, 11) is 5.98. The van der Waals surface area contributed by atoms with E-state index >= 15 is 0 Å². The van der Waals surface area contributed by atoms with Crippen molar-refractivity contribution < 1.29 is 42.9 Å². The number of nitrogens with zero attached hydrogens (tertiary/aromatic N) is 1. The molecule has 0 saturated carbocycles. The molecule has 0 aromatic carbocycles. The van der Waals surface area contributed by atoms with Crippen LogP contribution in [0.2, 0.25) is 0 Å². The summed E-state index contributed by atoms with van der Waals surface area (Å²) in [6.45, 7) is 4.95. The molecule has 0 aliphatic carbocycles. The van der Waals surface area contributed by atoms with Gasteiger partial charge in [0.2, 0.25) is 0 Å².